The zero-order chi connectivity index (χ0) is 28.7. The minimum absolute atomic E-state index is 0.0211. The average molecular weight is 556 g/mol. The summed E-state index contributed by atoms with van der Waals surface area (Å²) in [6.45, 7) is 0.358. The number of carbonyl (C=O) groups is 5. The van der Waals surface area contributed by atoms with E-state index in [0.717, 1.165) is 0 Å². The van der Waals surface area contributed by atoms with Gasteiger partial charge in [0.15, 0.2) is 0 Å². The van der Waals surface area contributed by atoms with Gasteiger partial charge in [0.05, 0.1) is 12.5 Å². The molecule has 3 amide bonds. The molecular formula is C24H37N5O8S. The molecule has 4 unspecified atom stereocenters. The van der Waals surface area contributed by atoms with Crippen molar-refractivity contribution in [1.29, 1.82) is 0 Å². The molecule has 0 bridgehead atoms. The van der Waals surface area contributed by atoms with Crippen LogP contribution < -0.4 is 27.4 Å². The second kappa shape index (κ2) is 17.2. The summed E-state index contributed by atoms with van der Waals surface area (Å²) in [4.78, 5) is 61.6. The van der Waals surface area contributed by atoms with Gasteiger partial charge in [-0.3, -0.25) is 19.2 Å². The van der Waals surface area contributed by atoms with Crippen molar-refractivity contribution in [3.63, 3.8) is 0 Å². The first kappa shape index (κ1) is 32.7. The van der Waals surface area contributed by atoms with Crippen LogP contribution in [0.3, 0.4) is 0 Å². The SMILES string of the molecule is CSCCC(N)C(=O)NC(CCCCN)C(=O)NC(CC(=O)O)C(=O)NC(Cc1ccc(O)cc1)C(=O)O. The van der Waals surface area contributed by atoms with Crippen LogP contribution >= 0.6 is 11.8 Å². The van der Waals surface area contributed by atoms with E-state index in [1.165, 1.54) is 36.0 Å². The lowest BCUT2D eigenvalue weighted by Crippen LogP contribution is -2.57. The molecule has 1 aromatic carbocycles. The van der Waals surface area contributed by atoms with E-state index in [0.29, 0.717) is 37.1 Å². The maximum Gasteiger partial charge on any atom is 0.326 e. The van der Waals surface area contributed by atoms with Gasteiger partial charge < -0.3 is 42.7 Å². The molecule has 0 fully saturated rings. The van der Waals surface area contributed by atoms with Gasteiger partial charge in [-0.1, -0.05) is 12.1 Å². The zero-order valence-electron chi connectivity index (χ0n) is 21.2. The summed E-state index contributed by atoms with van der Waals surface area (Å²) in [5.41, 5.74) is 11.9. The quantitative estimate of drug-likeness (QED) is 0.104. The van der Waals surface area contributed by atoms with E-state index in [4.69, 9.17) is 11.5 Å². The molecule has 0 heterocycles. The smallest absolute Gasteiger partial charge is 0.326 e. The van der Waals surface area contributed by atoms with Crippen molar-refractivity contribution in [3.8, 4) is 5.75 Å². The number of nitrogens with one attached hydrogen (secondary N) is 3. The van der Waals surface area contributed by atoms with Crippen LogP contribution in [0.1, 0.15) is 37.7 Å². The lowest BCUT2D eigenvalue weighted by molar-refractivity contribution is -0.143. The minimum Gasteiger partial charge on any atom is -0.508 e. The Morgan fingerprint density at radius 2 is 1.45 bits per heavy atom. The molecule has 212 valence electrons. The zero-order valence-corrected chi connectivity index (χ0v) is 22.0. The van der Waals surface area contributed by atoms with Crippen molar-refractivity contribution in [2.24, 2.45) is 11.5 Å². The van der Waals surface area contributed by atoms with Gasteiger partial charge in [0.25, 0.3) is 0 Å². The topological polar surface area (TPSA) is 234 Å². The summed E-state index contributed by atoms with van der Waals surface area (Å²) in [5, 5.41) is 35.4. The third-order valence-electron chi connectivity index (χ3n) is 5.55. The number of hydrogen-bond acceptors (Lipinski definition) is 9. The fraction of sp³-hybridized carbons (Fsp3) is 0.542. The molecule has 38 heavy (non-hydrogen) atoms. The first-order valence-corrected chi connectivity index (χ1v) is 13.5. The van der Waals surface area contributed by atoms with Gasteiger partial charge in [-0.2, -0.15) is 11.8 Å². The molecule has 0 aromatic heterocycles. The van der Waals surface area contributed by atoms with Gasteiger partial charge in [-0.15, -0.1) is 0 Å². The van der Waals surface area contributed by atoms with Crippen molar-refractivity contribution >= 4 is 41.4 Å². The van der Waals surface area contributed by atoms with Crippen LogP contribution in [0, 0.1) is 0 Å². The Bertz CT molecular complexity index is 946. The lowest BCUT2D eigenvalue weighted by atomic mass is 10.0. The van der Waals surface area contributed by atoms with Gasteiger partial charge in [0.2, 0.25) is 17.7 Å². The molecule has 0 radical (unpaired) electrons. The molecule has 0 aliphatic rings. The highest BCUT2D eigenvalue weighted by molar-refractivity contribution is 7.98. The Morgan fingerprint density at radius 3 is 2.00 bits per heavy atom. The summed E-state index contributed by atoms with van der Waals surface area (Å²) in [6, 6.07) is 0.659. The Labute approximate surface area is 225 Å². The van der Waals surface area contributed by atoms with Crippen LogP contribution in [-0.2, 0) is 30.4 Å². The number of phenolic OH excluding ortho intramolecular Hbond substituents is 1. The van der Waals surface area contributed by atoms with Crippen molar-refractivity contribution < 1.29 is 39.3 Å². The standard InChI is InChI=1S/C24H37N5O8S/c1-38-11-9-16(26)21(33)27-17(4-2-3-10-25)22(34)28-18(13-20(31)32)23(35)29-19(24(36)37)12-14-5-7-15(30)8-6-14/h5-8,16-19,30H,2-4,9-13,25-26H2,1H3,(H,27,33)(H,28,34)(H,29,35)(H,31,32)(H,36,37). The van der Waals surface area contributed by atoms with Crippen LogP contribution in [0.4, 0.5) is 0 Å². The Hall–Kier alpha value is -3.36. The molecule has 0 spiro atoms. The van der Waals surface area contributed by atoms with Gasteiger partial charge >= 0.3 is 11.9 Å². The van der Waals surface area contributed by atoms with Crippen LogP contribution in [0.5, 0.6) is 5.75 Å². The summed E-state index contributed by atoms with van der Waals surface area (Å²) >= 11 is 1.51. The minimum atomic E-state index is -1.61. The number of unbranched alkanes of at least 4 members (excludes halogenated alkanes) is 1. The number of hydrogen-bond donors (Lipinski definition) is 8. The largest absolute Gasteiger partial charge is 0.508 e. The predicted molar refractivity (Wildman–Crippen MR) is 141 cm³/mol. The monoisotopic (exact) mass is 555 g/mol. The lowest BCUT2D eigenvalue weighted by Gasteiger charge is -2.24. The number of carbonyl (C=O) groups excluding carboxylic acids is 3. The Balaban J connectivity index is 3.00. The number of carboxylic acids is 2. The highest BCUT2D eigenvalue weighted by Crippen LogP contribution is 2.12. The van der Waals surface area contributed by atoms with E-state index in [9.17, 15) is 39.3 Å². The number of thioether (sulfide) groups is 1. The highest BCUT2D eigenvalue weighted by atomic mass is 32.2. The van der Waals surface area contributed by atoms with Crippen molar-refractivity contribution in [1.82, 2.24) is 16.0 Å². The van der Waals surface area contributed by atoms with E-state index < -0.39 is 60.2 Å². The first-order chi connectivity index (χ1) is 18.0. The van der Waals surface area contributed by atoms with Crippen LogP contribution in [0.2, 0.25) is 0 Å². The maximum absolute atomic E-state index is 13.0. The fourth-order valence-electron chi connectivity index (χ4n) is 3.41. The van der Waals surface area contributed by atoms with Crippen LogP contribution in [0.15, 0.2) is 24.3 Å². The van der Waals surface area contributed by atoms with E-state index >= 15 is 0 Å². The molecule has 0 aliphatic heterocycles. The van der Waals surface area contributed by atoms with Crippen LogP contribution in [0.25, 0.3) is 0 Å². The fourth-order valence-corrected chi connectivity index (χ4v) is 3.90. The van der Waals surface area contributed by atoms with Gasteiger partial charge in [-0.25, -0.2) is 4.79 Å². The second-order valence-electron chi connectivity index (χ2n) is 8.66. The average Bonchev–Trinajstić information content (AvgIpc) is 2.86. The molecule has 1 aromatic rings. The van der Waals surface area contributed by atoms with Gasteiger partial charge in [0, 0.05) is 6.42 Å². The van der Waals surface area contributed by atoms with Crippen molar-refractivity contribution in [2.45, 2.75) is 62.7 Å². The molecule has 13 nitrogen and oxygen atoms in total. The molecule has 14 heteroatoms. The molecule has 10 N–H and O–H groups in total. The van der Waals surface area contributed by atoms with Gasteiger partial charge in [-0.05, 0) is 61.9 Å². The summed E-state index contributed by atoms with van der Waals surface area (Å²) in [5.74, 6) is -4.56. The highest BCUT2D eigenvalue weighted by Gasteiger charge is 2.31. The third kappa shape index (κ3) is 12.3. The van der Waals surface area contributed by atoms with E-state index in [-0.39, 0.29) is 18.6 Å². The van der Waals surface area contributed by atoms with E-state index in [1.807, 2.05) is 6.26 Å². The van der Waals surface area contributed by atoms with Crippen molar-refractivity contribution in [2.75, 3.05) is 18.6 Å². The molecule has 4 atom stereocenters. The summed E-state index contributed by atoms with van der Waals surface area (Å²) < 4.78 is 0. The first-order valence-electron chi connectivity index (χ1n) is 12.1. The number of amides is 3. The number of aliphatic carboxylic acids is 2. The molecule has 0 saturated carbocycles. The predicted octanol–water partition coefficient (Wildman–Crippen LogP) is -0.842. The molecule has 0 saturated heterocycles. The van der Waals surface area contributed by atoms with Crippen molar-refractivity contribution in [3.05, 3.63) is 29.8 Å². The maximum atomic E-state index is 13.0. The second-order valence-corrected chi connectivity index (χ2v) is 9.65. The summed E-state index contributed by atoms with van der Waals surface area (Å²) in [7, 11) is 0. The van der Waals surface area contributed by atoms with E-state index in [2.05, 4.69) is 16.0 Å². The normalized spacial score (nSPS) is 14.0. The Kier molecular flexibility index (Phi) is 14.8. The Morgan fingerprint density at radius 1 is 0.868 bits per heavy atom. The number of rotatable bonds is 18. The van der Waals surface area contributed by atoms with E-state index in [1.54, 1.807) is 0 Å². The molecule has 1 rings (SSSR count). The number of benzene rings is 1. The number of nitrogens with two attached hydrogens (primary N) is 2. The van der Waals surface area contributed by atoms with Gasteiger partial charge in [0.1, 0.15) is 23.9 Å². The molecule has 0 aliphatic carbocycles. The summed E-state index contributed by atoms with van der Waals surface area (Å²) in [6.07, 6.45) is 2.48. The third-order valence-corrected chi connectivity index (χ3v) is 6.20. The van der Waals surface area contributed by atoms with Crippen LogP contribution in [-0.4, -0.2) is 87.7 Å². The molecular weight excluding hydrogens is 518 g/mol. The number of carboxylic acid groups (broad SMARTS) is 2. The number of phenols is 1. The number of aromatic hydroxyl groups is 1.